The lowest BCUT2D eigenvalue weighted by molar-refractivity contribution is -0.167. The van der Waals surface area contributed by atoms with E-state index in [2.05, 4.69) is 41.5 Å². The molecule has 332 valence electrons. The second kappa shape index (κ2) is 41.6. The van der Waals surface area contributed by atoms with E-state index in [-0.39, 0.29) is 31.1 Å². The molecule has 0 bridgehead atoms. The number of carbonyl (C=O) groups excluding carboxylic acids is 3. The van der Waals surface area contributed by atoms with Gasteiger partial charge >= 0.3 is 17.9 Å². The molecule has 0 fully saturated rings. The third kappa shape index (κ3) is 43.5. The Bertz CT molecular complexity index is 868. The van der Waals surface area contributed by atoms with Crippen LogP contribution in [0.25, 0.3) is 0 Å². The van der Waals surface area contributed by atoms with E-state index in [1.807, 2.05) is 0 Å². The van der Waals surface area contributed by atoms with Crippen molar-refractivity contribution >= 4 is 17.9 Å². The van der Waals surface area contributed by atoms with Crippen LogP contribution in [0, 0.1) is 17.8 Å². The Balaban J connectivity index is 4.31. The quantitative estimate of drug-likeness (QED) is 0.0348. The van der Waals surface area contributed by atoms with Crippen molar-refractivity contribution in [3.8, 4) is 0 Å². The molecule has 0 saturated heterocycles. The third-order valence-electron chi connectivity index (χ3n) is 11.1. The monoisotopic (exact) mass is 793 g/mol. The summed E-state index contributed by atoms with van der Waals surface area (Å²) in [5.41, 5.74) is 0. The van der Waals surface area contributed by atoms with E-state index in [9.17, 15) is 14.4 Å². The summed E-state index contributed by atoms with van der Waals surface area (Å²) in [6, 6.07) is 0. The zero-order chi connectivity index (χ0) is 41.3. The van der Waals surface area contributed by atoms with Crippen molar-refractivity contribution in [3.05, 3.63) is 0 Å². The summed E-state index contributed by atoms with van der Waals surface area (Å²) in [4.78, 5) is 37.8. The summed E-state index contributed by atoms with van der Waals surface area (Å²) in [6.07, 6.45) is 39.6. The van der Waals surface area contributed by atoms with Crippen LogP contribution < -0.4 is 0 Å². The molecular weight excluding hydrogens is 697 g/mol. The van der Waals surface area contributed by atoms with Gasteiger partial charge in [0, 0.05) is 19.3 Å². The van der Waals surface area contributed by atoms with Gasteiger partial charge in [-0.15, -0.1) is 0 Å². The van der Waals surface area contributed by atoms with Crippen LogP contribution in [0.15, 0.2) is 0 Å². The molecule has 0 spiro atoms. The molecular formula is C50H96O6. The van der Waals surface area contributed by atoms with E-state index in [1.54, 1.807) is 0 Å². The molecule has 0 aromatic carbocycles. The second-order valence-corrected chi connectivity index (χ2v) is 18.5. The Labute approximate surface area is 348 Å². The van der Waals surface area contributed by atoms with Crippen molar-refractivity contribution in [2.75, 3.05) is 13.2 Å². The Kier molecular flexibility index (Phi) is 40.4. The minimum Gasteiger partial charge on any atom is -0.462 e. The molecule has 0 saturated carbocycles. The summed E-state index contributed by atoms with van der Waals surface area (Å²) in [5, 5.41) is 0. The topological polar surface area (TPSA) is 78.9 Å². The Morgan fingerprint density at radius 3 is 0.768 bits per heavy atom. The summed E-state index contributed by atoms with van der Waals surface area (Å²) >= 11 is 0. The van der Waals surface area contributed by atoms with Crippen LogP contribution in [0.2, 0.25) is 0 Å². The fourth-order valence-electron chi connectivity index (χ4n) is 7.41. The van der Waals surface area contributed by atoms with Gasteiger partial charge in [-0.3, -0.25) is 14.4 Å². The summed E-state index contributed by atoms with van der Waals surface area (Å²) < 4.78 is 16.8. The van der Waals surface area contributed by atoms with E-state index in [0.717, 1.165) is 75.5 Å². The zero-order valence-corrected chi connectivity index (χ0v) is 38.4. The average molecular weight is 793 g/mol. The lowest BCUT2D eigenvalue weighted by atomic mass is 10.0. The summed E-state index contributed by atoms with van der Waals surface area (Å²) in [6.45, 7) is 13.6. The van der Waals surface area contributed by atoms with Crippen LogP contribution in [0.4, 0.5) is 0 Å². The Morgan fingerprint density at radius 2 is 0.518 bits per heavy atom. The van der Waals surface area contributed by atoms with Crippen molar-refractivity contribution in [2.24, 2.45) is 17.8 Å². The van der Waals surface area contributed by atoms with Crippen LogP contribution in [0.3, 0.4) is 0 Å². The van der Waals surface area contributed by atoms with Gasteiger partial charge in [0.05, 0.1) is 0 Å². The third-order valence-corrected chi connectivity index (χ3v) is 11.1. The molecule has 0 rings (SSSR count). The van der Waals surface area contributed by atoms with Crippen molar-refractivity contribution in [1.82, 2.24) is 0 Å². The van der Waals surface area contributed by atoms with Gasteiger partial charge in [-0.25, -0.2) is 0 Å². The van der Waals surface area contributed by atoms with Gasteiger partial charge in [0.2, 0.25) is 0 Å². The smallest absolute Gasteiger partial charge is 0.306 e. The highest BCUT2D eigenvalue weighted by Gasteiger charge is 2.19. The molecule has 0 aliphatic heterocycles. The number of rotatable bonds is 43. The standard InChI is InChI=1S/C50H96O6/c1-44(2)36-30-24-18-13-10-8-7-9-11-15-22-29-35-41-50(53)56-47(43-55-49(52)40-34-28-23-17-20-26-32-38-46(5)6)42-54-48(51)39-33-27-21-16-12-14-19-25-31-37-45(3)4/h44-47H,7-43H2,1-6H3/t47-/m1/s1. The van der Waals surface area contributed by atoms with Gasteiger partial charge in [-0.2, -0.15) is 0 Å². The van der Waals surface area contributed by atoms with Gasteiger partial charge in [-0.05, 0) is 37.0 Å². The summed E-state index contributed by atoms with van der Waals surface area (Å²) in [7, 11) is 0. The maximum absolute atomic E-state index is 12.8. The van der Waals surface area contributed by atoms with Crippen molar-refractivity contribution in [1.29, 1.82) is 0 Å². The maximum atomic E-state index is 12.8. The van der Waals surface area contributed by atoms with E-state index >= 15 is 0 Å². The first-order valence-corrected chi connectivity index (χ1v) is 24.6. The van der Waals surface area contributed by atoms with Crippen LogP contribution >= 0.6 is 0 Å². The van der Waals surface area contributed by atoms with E-state index in [4.69, 9.17) is 14.2 Å². The predicted molar refractivity (Wildman–Crippen MR) is 238 cm³/mol. The van der Waals surface area contributed by atoms with Gasteiger partial charge in [0.1, 0.15) is 13.2 Å². The SMILES string of the molecule is CC(C)CCCCCCCCCCCCCCCC(=O)O[C@H](COC(=O)CCCCCCCCCCCC(C)C)COC(=O)CCCCCCCCCC(C)C. The fourth-order valence-corrected chi connectivity index (χ4v) is 7.41. The maximum Gasteiger partial charge on any atom is 0.306 e. The largest absolute Gasteiger partial charge is 0.462 e. The van der Waals surface area contributed by atoms with Crippen molar-refractivity contribution in [3.63, 3.8) is 0 Å². The molecule has 0 aromatic rings. The molecule has 0 radical (unpaired) electrons. The number of hydrogen-bond acceptors (Lipinski definition) is 6. The first kappa shape index (κ1) is 54.4. The highest BCUT2D eigenvalue weighted by molar-refractivity contribution is 5.71. The lowest BCUT2D eigenvalue weighted by Crippen LogP contribution is -2.30. The first-order valence-electron chi connectivity index (χ1n) is 24.6. The number of unbranched alkanes of at least 4 members (excludes halogenated alkanes) is 26. The molecule has 6 nitrogen and oxygen atoms in total. The summed E-state index contributed by atoms with van der Waals surface area (Å²) in [5.74, 6) is 1.57. The van der Waals surface area contributed by atoms with Gasteiger partial charge in [0.25, 0.3) is 0 Å². The molecule has 0 N–H and O–H groups in total. The number of esters is 3. The van der Waals surface area contributed by atoms with Gasteiger partial charge in [0.15, 0.2) is 6.10 Å². The second-order valence-electron chi connectivity index (χ2n) is 18.5. The lowest BCUT2D eigenvalue weighted by Gasteiger charge is -2.18. The Hall–Kier alpha value is -1.59. The molecule has 6 heteroatoms. The number of hydrogen-bond donors (Lipinski definition) is 0. The fraction of sp³-hybridized carbons (Fsp3) is 0.940. The minimum atomic E-state index is -0.762. The van der Waals surface area contributed by atoms with Gasteiger partial charge < -0.3 is 14.2 Å². The van der Waals surface area contributed by atoms with E-state index in [0.29, 0.717) is 19.3 Å². The molecule has 0 amide bonds. The molecule has 0 heterocycles. The van der Waals surface area contributed by atoms with Crippen LogP contribution in [-0.4, -0.2) is 37.2 Å². The van der Waals surface area contributed by atoms with Crippen molar-refractivity contribution in [2.45, 2.75) is 272 Å². The van der Waals surface area contributed by atoms with E-state index in [1.165, 1.54) is 148 Å². The van der Waals surface area contributed by atoms with Crippen molar-refractivity contribution < 1.29 is 28.6 Å². The van der Waals surface area contributed by atoms with Crippen LogP contribution in [0.5, 0.6) is 0 Å². The first-order chi connectivity index (χ1) is 27.1. The predicted octanol–water partition coefficient (Wildman–Crippen LogP) is 15.6. The van der Waals surface area contributed by atoms with Crippen LogP contribution in [0.1, 0.15) is 266 Å². The normalized spacial score (nSPS) is 12.2. The van der Waals surface area contributed by atoms with Crippen LogP contribution in [-0.2, 0) is 28.6 Å². The van der Waals surface area contributed by atoms with Gasteiger partial charge in [-0.1, -0.05) is 228 Å². The number of ether oxygens (including phenoxy) is 3. The molecule has 0 aliphatic carbocycles. The Morgan fingerprint density at radius 1 is 0.304 bits per heavy atom. The van der Waals surface area contributed by atoms with E-state index < -0.39 is 6.10 Å². The molecule has 1 atom stereocenters. The molecule has 0 aromatic heterocycles. The number of carbonyl (C=O) groups is 3. The molecule has 0 aliphatic rings. The average Bonchev–Trinajstić information content (AvgIpc) is 3.15. The zero-order valence-electron chi connectivity index (χ0n) is 38.4. The highest BCUT2D eigenvalue weighted by Crippen LogP contribution is 2.17. The molecule has 0 unspecified atom stereocenters. The molecule has 56 heavy (non-hydrogen) atoms. The highest BCUT2D eigenvalue weighted by atomic mass is 16.6. The minimum absolute atomic E-state index is 0.0659.